The molecule has 2 rings (SSSR count). The standard InChI is InChI=1S/C19H20F4N4O2.HI/c1-25-18(26-9-12-3-2-4-15(7-12)29-11-17(24)28)27-10-13-5-6-14(20)8-16(13)19(21,22)23;/h2-8H,9-11H2,1H3,(H2,24,28)(H2,25,26,27);1H. The molecule has 0 heterocycles. The van der Waals surface area contributed by atoms with Crippen molar-refractivity contribution in [2.24, 2.45) is 10.7 Å². The van der Waals surface area contributed by atoms with Crippen LogP contribution in [0.25, 0.3) is 0 Å². The van der Waals surface area contributed by atoms with Gasteiger partial charge in [-0.3, -0.25) is 9.79 Å². The largest absolute Gasteiger partial charge is 0.484 e. The predicted octanol–water partition coefficient (Wildman–Crippen LogP) is 3.19. The van der Waals surface area contributed by atoms with E-state index >= 15 is 0 Å². The third-order valence-corrected chi connectivity index (χ3v) is 3.79. The number of carbonyl (C=O) groups is 1. The molecule has 30 heavy (non-hydrogen) atoms. The van der Waals surface area contributed by atoms with Crippen molar-refractivity contribution in [1.82, 2.24) is 10.6 Å². The van der Waals surface area contributed by atoms with Crippen LogP contribution < -0.4 is 21.1 Å². The zero-order valence-corrected chi connectivity index (χ0v) is 18.3. The van der Waals surface area contributed by atoms with E-state index in [9.17, 15) is 22.4 Å². The molecule has 0 aromatic heterocycles. The molecular weight excluding hydrogens is 519 g/mol. The highest BCUT2D eigenvalue weighted by Crippen LogP contribution is 2.32. The van der Waals surface area contributed by atoms with Gasteiger partial charge < -0.3 is 21.1 Å². The monoisotopic (exact) mass is 540 g/mol. The van der Waals surface area contributed by atoms with Crippen LogP contribution in [0.1, 0.15) is 16.7 Å². The van der Waals surface area contributed by atoms with Crippen molar-refractivity contribution in [3.8, 4) is 5.75 Å². The smallest absolute Gasteiger partial charge is 0.416 e. The number of hydrogen-bond acceptors (Lipinski definition) is 3. The van der Waals surface area contributed by atoms with Crippen LogP contribution in [0.15, 0.2) is 47.5 Å². The third-order valence-electron chi connectivity index (χ3n) is 3.79. The Morgan fingerprint density at radius 1 is 1.13 bits per heavy atom. The first-order valence-electron chi connectivity index (χ1n) is 8.49. The molecule has 11 heteroatoms. The Kier molecular flexibility index (Phi) is 9.82. The molecule has 0 bridgehead atoms. The predicted molar refractivity (Wildman–Crippen MR) is 115 cm³/mol. The summed E-state index contributed by atoms with van der Waals surface area (Å²) in [4.78, 5) is 14.7. The molecule has 0 aliphatic rings. The summed E-state index contributed by atoms with van der Waals surface area (Å²) >= 11 is 0. The van der Waals surface area contributed by atoms with Crippen LogP contribution in [-0.2, 0) is 24.1 Å². The number of nitrogens with zero attached hydrogens (tertiary/aromatic N) is 1. The molecule has 2 aromatic carbocycles. The fraction of sp³-hybridized carbons (Fsp3) is 0.263. The van der Waals surface area contributed by atoms with Crippen LogP contribution in [-0.4, -0.2) is 25.5 Å². The first kappa shape index (κ1) is 25.5. The number of alkyl halides is 3. The summed E-state index contributed by atoms with van der Waals surface area (Å²) in [6.07, 6.45) is -4.67. The zero-order valence-electron chi connectivity index (χ0n) is 15.9. The number of ether oxygens (including phenoxy) is 1. The molecule has 0 spiro atoms. The quantitative estimate of drug-likeness (QED) is 0.218. The van der Waals surface area contributed by atoms with E-state index in [1.807, 2.05) is 0 Å². The van der Waals surface area contributed by atoms with Crippen molar-refractivity contribution in [2.75, 3.05) is 13.7 Å². The summed E-state index contributed by atoms with van der Waals surface area (Å²) in [6, 6.07) is 9.37. The van der Waals surface area contributed by atoms with E-state index in [1.54, 1.807) is 24.3 Å². The minimum atomic E-state index is -4.67. The van der Waals surface area contributed by atoms with Crippen molar-refractivity contribution in [3.05, 3.63) is 65.0 Å². The van der Waals surface area contributed by atoms with Gasteiger partial charge in [-0.1, -0.05) is 18.2 Å². The van der Waals surface area contributed by atoms with Gasteiger partial charge in [-0.25, -0.2) is 4.39 Å². The molecule has 6 nitrogen and oxygen atoms in total. The van der Waals surface area contributed by atoms with Gasteiger partial charge in [-0.05, 0) is 35.4 Å². The molecule has 164 valence electrons. The number of amides is 1. The first-order valence-corrected chi connectivity index (χ1v) is 8.49. The molecule has 0 fully saturated rings. The van der Waals surface area contributed by atoms with E-state index in [1.165, 1.54) is 7.05 Å². The van der Waals surface area contributed by atoms with Crippen LogP contribution >= 0.6 is 24.0 Å². The SMILES string of the molecule is CN=C(NCc1cccc(OCC(N)=O)c1)NCc1ccc(F)cc1C(F)(F)F.I. The van der Waals surface area contributed by atoms with Crippen LogP contribution in [0, 0.1) is 5.82 Å². The number of nitrogens with one attached hydrogen (secondary N) is 2. The summed E-state index contributed by atoms with van der Waals surface area (Å²) in [6.45, 7) is -0.154. The third kappa shape index (κ3) is 8.05. The van der Waals surface area contributed by atoms with Gasteiger partial charge in [0.05, 0.1) is 5.56 Å². The summed E-state index contributed by atoms with van der Waals surface area (Å²) in [5.74, 6) is -0.850. The van der Waals surface area contributed by atoms with Crippen molar-refractivity contribution in [1.29, 1.82) is 0 Å². The van der Waals surface area contributed by atoms with E-state index in [-0.39, 0.29) is 48.7 Å². The van der Waals surface area contributed by atoms with Gasteiger partial charge in [0.15, 0.2) is 12.6 Å². The average molecular weight is 540 g/mol. The lowest BCUT2D eigenvalue weighted by atomic mass is 10.1. The number of primary amides is 1. The lowest BCUT2D eigenvalue weighted by Gasteiger charge is -2.16. The van der Waals surface area contributed by atoms with Gasteiger partial charge in [0, 0.05) is 20.1 Å². The molecule has 0 unspecified atom stereocenters. The first-order chi connectivity index (χ1) is 13.7. The van der Waals surface area contributed by atoms with E-state index in [4.69, 9.17) is 10.5 Å². The molecule has 0 aliphatic carbocycles. The van der Waals surface area contributed by atoms with E-state index in [0.29, 0.717) is 18.4 Å². The Hall–Kier alpha value is -2.57. The highest BCUT2D eigenvalue weighted by atomic mass is 127. The van der Waals surface area contributed by atoms with E-state index < -0.39 is 23.5 Å². The molecule has 2 aromatic rings. The van der Waals surface area contributed by atoms with Crippen molar-refractivity contribution >= 4 is 35.8 Å². The second-order valence-electron chi connectivity index (χ2n) is 5.98. The number of guanidine groups is 1. The summed E-state index contributed by atoms with van der Waals surface area (Å²) in [5, 5.41) is 5.72. The van der Waals surface area contributed by atoms with Crippen molar-refractivity contribution in [3.63, 3.8) is 0 Å². The van der Waals surface area contributed by atoms with Crippen molar-refractivity contribution in [2.45, 2.75) is 19.3 Å². The maximum absolute atomic E-state index is 13.2. The van der Waals surface area contributed by atoms with Crippen LogP contribution in [0.2, 0.25) is 0 Å². The Labute approximate surface area is 187 Å². The van der Waals surface area contributed by atoms with Crippen molar-refractivity contribution < 1.29 is 27.1 Å². The highest BCUT2D eigenvalue weighted by Gasteiger charge is 2.33. The Balaban J connectivity index is 0.00000450. The number of halogens is 5. The lowest BCUT2D eigenvalue weighted by Crippen LogP contribution is -2.36. The van der Waals surface area contributed by atoms with Gasteiger partial charge in [-0.2, -0.15) is 13.2 Å². The number of benzene rings is 2. The minimum absolute atomic E-state index is 0. The van der Waals surface area contributed by atoms with Gasteiger partial charge in [0.2, 0.25) is 0 Å². The zero-order chi connectivity index (χ0) is 21.4. The fourth-order valence-corrected chi connectivity index (χ4v) is 2.45. The molecule has 0 saturated carbocycles. The maximum Gasteiger partial charge on any atom is 0.416 e. The van der Waals surface area contributed by atoms with E-state index in [2.05, 4.69) is 15.6 Å². The fourth-order valence-electron chi connectivity index (χ4n) is 2.45. The van der Waals surface area contributed by atoms with E-state index in [0.717, 1.165) is 17.7 Å². The van der Waals surface area contributed by atoms with Gasteiger partial charge >= 0.3 is 6.18 Å². The van der Waals surface area contributed by atoms with Crippen LogP contribution in [0.3, 0.4) is 0 Å². The van der Waals surface area contributed by atoms with Gasteiger partial charge in [-0.15, -0.1) is 24.0 Å². The molecule has 1 amide bonds. The summed E-state index contributed by atoms with van der Waals surface area (Å²) in [7, 11) is 1.47. The number of nitrogens with two attached hydrogens (primary N) is 1. The highest BCUT2D eigenvalue weighted by molar-refractivity contribution is 14.0. The topological polar surface area (TPSA) is 88.7 Å². The molecule has 0 atom stereocenters. The lowest BCUT2D eigenvalue weighted by molar-refractivity contribution is -0.138. The normalized spacial score (nSPS) is 11.4. The number of hydrogen-bond donors (Lipinski definition) is 3. The molecule has 0 radical (unpaired) electrons. The second kappa shape index (κ2) is 11.6. The number of carbonyl (C=O) groups excluding carboxylic acids is 1. The Morgan fingerprint density at radius 2 is 1.83 bits per heavy atom. The number of rotatable bonds is 7. The molecular formula is C19H21F4IN4O2. The number of aliphatic imine (C=N–C) groups is 1. The Morgan fingerprint density at radius 3 is 2.47 bits per heavy atom. The second-order valence-corrected chi connectivity index (χ2v) is 5.98. The minimum Gasteiger partial charge on any atom is -0.484 e. The molecule has 0 saturated heterocycles. The average Bonchev–Trinajstić information content (AvgIpc) is 2.67. The molecule has 4 N–H and O–H groups in total. The maximum atomic E-state index is 13.2. The van der Waals surface area contributed by atoms with Gasteiger partial charge in [0.1, 0.15) is 11.6 Å². The Bertz CT molecular complexity index is 891. The summed E-state index contributed by atoms with van der Waals surface area (Å²) in [5.41, 5.74) is 4.67. The van der Waals surface area contributed by atoms with Crippen LogP contribution in [0.5, 0.6) is 5.75 Å². The van der Waals surface area contributed by atoms with Gasteiger partial charge in [0.25, 0.3) is 5.91 Å². The van der Waals surface area contributed by atoms with Crippen LogP contribution in [0.4, 0.5) is 17.6 Å². The summed E-state index contributed by atoms with van der Waals surface area (Å²) < 4.78 is 57.6. The molecule has 0 aliphatic heterocycles.